The van der Waals surface area contributed by atoms with Crippen molar-refractivity contribution >= 4 is 5.91 Å². The van der Waals surface area contributed by atoms with Gasteiger partial charge in [0.1, 0.15) is 6.04 Å². The second-order valence-corrected chi connectivity index (χ2v) is 5.28. The fraction of sp³-hybridized carbons (Fsp3) is 0.833. The first-order valence-corrected chi connectivity index (χ1v) is 5.35. The fourth-order valence-corrected chi connectivity index (χ4v) is 1.01. The van der Waals surface area contributed by atoms with Crippen LogP contribution in [0.25, 0.3) is 0 Å². The van der Waals surface area contributed by atoms with Crippen molar-refractivity contribution in [3.63, 3.8) is 0 Å². The van der Waals surface area contributed by atoms with E-state index in [9.17, 15) is 4.79 Å². The molecular weight excluding hydrogens is 188 g/mol. The number of nitriles is 1. The maximum atomic E-state index is 11.8. The maximum Gasteiger partial charge on any atom is 0.223 e. The van der Waals surface area contributed by atoms with E-state index in [-0.39, 0.29) is 17.4 Å². The number of hydrogen-bond acceptors (Lipinski definition) is 2. The molecule has 0 rings (SSSR count). The summed E-state index contributed by atoms with van der Waals surface area (Å²) in [4.78, 5) is 13.3. The third-order valence-corrected chi connectivity index (χ3v) is 3.12. The molecule has 0 aromatic carbocycles. The van der Waals surface area contributed by atoms with Crippen molar-refractivity contribution in [3.8, 4) is 6.07 Å². The zero-order valence-corrected chi connectivity index (χ0v) is 10.7. The highest BCUT2D eigenvalue weighted by Crippen LogP contribution is 2.28. The molecule has 0 aromatic rings. The van der Waals surface area contributed by atoms with Crippen molar-refractivity contribution < 1.29 is 4.79 Å². The lowest BCUT2D eigenvalue weighted by Gasteiger charge is -2.29. The van der Waals surface area contributed by atoms with E-state index in [2.05, 4.69) is 33.8 Å². The lowest BCUT2D eigenvalue weighted by Crippen LogP contribution is -2.36. The van der Waals surface area contributed by atoms with Crippen LogP contribution in [0.3, 0.4) is 0 Å². The van der Waals surface area contributed by atoms with Crippen LogP contribution in [0.1, 0.15) is 41.0 Å². The number of rotatable bonds is 3. The molecule has 0 fully saturated rings. The summed E-state index contributed by atoms with van der Waals surface area (Å²) in [5.41, 5.74) is 0.131. The van der Waals surface area contributed by atoms with Gasteiger partial charge in [0.25, 0.3) is 0 Å². The smallest absolute Gasteiger partial charge is 0.223 e. The van der Waals surface area contributed by atoms with Crippen LogP contribution >= 0.6 is 0 Å². The van der Waals surface area contributed by atoms with Gasteiger partial charge in [-0.1, -0.05) is 27.7 Å². The van der Waals surface area contributed by atoms with E-state index in [0.717, 1.165) is 0 Å². The molecule has 0 aliphatic rings. The number of carbonyl (C=O) groups excluding carboxylic acids is 1. The zero-order valence-electron chi connectivity index (χ0n) is 10.7. The zero-order chi connectivity index (χ0) is 12.2. The van der Waals surface area contributed by atoms with Crippen LogP contribution in [0.4, 0.5) is 0 Å². The topological polar surface area (TPSA) is 44.1 Å². The Morgan fingerprint density at radius 3 is 2.20 bits per heavy atom. The molecule has 0 saturated heterocycles. The van der Waals surface area contributed by atoms with Crippen LogP contribution in [0, 0.1) is 22.7 Å². The molecule has 0 aliphatic heterocycles. The lowest BCUT2D eigenvalue weighted by molar-refractivity contribution is -0.132. The molecule has 2 unspecified atom stereocenters. The van der Waals surface area contributed by atoms with E-state index >= 15 is 0 Å². The quantitative estimate of drug-likeness (QED) is 0.718. The Kier molecular flexibility index (Phi) is 4.80. The van der Waals surface area contributed by atoms with Crippen LogP contribution in [0.15, 0.2) is 0 Å². The lowest BCUT2D eigenvalue weighted by atomic mass is 9.80. The standard InChI is InChI=1S/C12H22N2O/c1-9(12(3,4)5)7-11(15)14(6)10(2)8-13/h9-10H,7H2,1-6H3. The number of amides is 1. The minimum Gasteiger partial charge on any atom is -0.330 e. The predicted molar refractivity (Wildman–Crippen MR) is 61.1 cm³/mol. The summed E-state index contributed by atoms with van der Waals surface area (Å²) in [5, 5.41) is 8.70. The van der Waals surface area contributed by atoms with E-state index < -0.39 is 0 Å². The Bertz CT molecular complexity index is 260. The number of hydrogen-bond donors (Lipinski definition) is 0. The second kappa shape index (κ2) is 5.16. The Hall–Kier alpha value is -1.04. The van der Waals surface area contributed by atoms with Crippen molar-refractivity contribution in [2.45, 2.75) is 47.1 Å². The van der Waals surface area contributed by atoms with E-state index in [1.807, 2.05) is 0 Å². The van der Waals surface area contributed by atoms with Crippen LogP contribution in [0.5, 0.6) is 0 Å². The highest BCUT2D eigenvalue weighted by molar-refractivity contribution is 5.76. The summed E-state index contributed by atoms with van der Waals surface area (Å²) >= 11 is 0. The van der Waals surface area contributed by atoms with Crippen molar-refractivity contribution in [2.75, 3.05) is 7.05 Å². The first kappa shape index (κ1) is 14.0. The van der Waals surface area contributed by atoms with Gasteiger partial charge in [-0.15, -0.1) is 0 Å². The van der Waals surface area contributed by atoms with Crippen LogP contribution in [-0.2, 0) is 4.79 Å². The van der Waals surface area contributed by atoms with Crippen molar-refractivity contribution in [3.05, 3.63) is 0 Å². The molecule has 0 bridgehead atoms. The second-order valence-electron chi connectivity index (χ2n) is 5.28. The van der Waals surface area contributed by atoms with Crippen LogP contribution in [0.2, 0.25) is 0 Å². The van der Waals surface area contributed by atoms with Gasteiger partial charge in [0.05, 0.1) is 6.07 Å². The minimum atomic E-state index is -0.343. The number of nitrogens with zero attached hydrogens (tertiary/aromatic N) is 2. The molecule has 1 amide bonds. The van der Waals surface area contributed by atoms with E-state index in [1.54, 1.807) is 14.0 Å². The molecule has 0 spiro atoms. The Labute approximate surface area is 93.1 Å². The van der Waals surface area contributed by atoms with Gasteiger partial charge in [0, 0.05) is 13.5 Å². The average Bonchev–Trinajstić information content (AvgIpc) is 2.13. The van der Waals surface area contributed by atoms with Gasteiger partial charge in [-0.3, -0.25) is 4.79 Å². The van der Waals surface area contributed by atoms with E-state index in [0.29, 0.717) is 12.3 Å². The van der Waals surface area contributed by atoms with Crippen molar-refractivity contribution in [2.24, 2.45) is 11.3 Å². The SMILES string of the molecule is CC(C#N)N(C)C(=O)CC(C)C(C)(C)C. The Morgan fingerprint density at radius 1 is 1.40 bits per heavy atom. The number of carbonyl (C=O) groups is 1. The third-order valence-electron chi connectivity index (χ3n) is 3.12. The predicted octanol–water partition coefficient (Wildman–Crippen LogP) is 2.43. The molecule has 0 heterocycles. The highest BCUT2D eigenvalue weighted by atomic mass is 16.2. The normalized spacial score (nSPS) is 15.3. The third kappa shape index (κ3) is 4.33. The molecule has 3 nitrogen and oxygen atoms in total. The average molecular weight is 210 g/mol. The van der Waals surface area contributed by atoms with Gasteiger partial charge < -0.3 is 4.90 Å². The molecule has 2 atom stereocenters. The van der Waals surface area contributed by atoms with Gasteiger partial charge >= 0.3 is 0 Å². The van der Waals surface area contributed by atoms with Gasteiger partial charge in [-0.05, 0) is 18.3 Å². The molecule has 0 saturated carbocycles. The summed E-state index contributed by atoms with van der Waals surface area (Å²) in [6.07, 6.45) is 0.506. The van der Waals surface area contributed by atoms with Crippen LogP contribution < -0.4 is 0 Å². The first-order chi connectivity index (χ1) is 6.70. The molecule has 86 valence electrons. The molecule has 0 radical (unpaired) electrons. The summed E-state index contributed by atoms with van der Waals surface area (Å²) in [6.45, 7) is 10.2. The van der Waals surface area contributed by atoms with E-state index in [1.165, 1.54) is 4.90 Å². The first-order valence-electron chi connectivity index (χ1n) is 5.35. The van der Waals surface area contributed by atoms with Crippen LogP contribution in [-0.4, -0.2) is 23.9 Å². The van der Waals surface area contributed by atoms with Gasteiger partial charge in [-0.25, -0.2) is 0 Å². The Balaban J connectivity index is 4.33. The Morgan fingerprint density at radius 2 is 1.87 bits per heavy atom. The molecule has 15 heavy (non-hydrogen) atoms. The molecule has 0 aliphatic carbocycles. The fourth-order valence-electron chi connectivity index (χ4n) is 1.01. The molecular formula is C12H22N2O. The maximum absolute atomic E-state index is 11.8. The molecule has 3 heteroatoms. The molecule has 0 N–H and O–H groups in total. The largest absolute Gasteiger partial charge is 0.330 e. The van der Waals surface area contributed by atoms with Gasteiger partial charge in [0.2, 0.25) is 5.91 Å². The highest BCUT2D eigenvalue weighted by Gasteiger charge is 2.25. The minimum absolute atomic E-state index is 0.0477. The summed E-state index contributed by atoms with van der Waals surface area (Å²) in [6, 6.07) is 1.72. The monoisotopic (exact) mass is 210 g/mol. The van der Waals surface area contributed by atoms with Gasteiger partial charge in [-0.2, -0.15) is 5.26 Å². The summed E-state index contributed by atoms with van der Waals surface area (Å²) in [7, 11) is 1.69. The van der Waals surface area contributed by atoms with Crippen molar-refractivity contribution in [1.29, 1.82) is 5.26 Å². The van der Waals surface area contributed by atoms with Gasteiger partial charge in [0.15, 0.2) is 0 Å². The summed E-state index contributed by atoms with van der Waals surface area (Å²) in [5.74, 6) is 0.366. The summed E-state index contributed by atoms with van der Waals surface area (Å²) < 4.78 is 0. The van der Waals surface area contributed by atoms with E-state index in [4.69, 9.17) is 5.26 Å². The molecule has 0 aromatic heterocycles. The van der Waals surface area contributed by atoms with Crippen molar-refractivity contribution in [1.82, 2.24) is 4.90 Å².